The molecule has 88 valence electrons. The van der Waals surface area contributed by atoms with Gasteiger partial charge in [-0.1, -0.05) is 0 Å². The van der Waals surface area contributed by atoms with Crippen molar-refractivity contribution in [3.63, 3.8) is 0 Å². The van der Waals surface area contributed by atoms with Crippen molar-refractivity contribution in [2.24, 2.45) is 5.84 Å². The number of carbonyl (C=O) groups is 1. The molecule has 0 radical (unpaired) electrons. The van der Waals surface area contributed by atoms with Gasteiger partial charge in [-0.05, 0) is 46.9 Å². The monoisotopic (exact) mass is 343 g/mol. The molecule has 0 amide bonds. The van der Waals surface area contributed by atoms with Crippen LogP contribution in [0, 0.1) is 3.57 Å². The summed E-state index contributed by atoms with van der Waals surface area (Å²) in [5, 5.41) is 0.872. The lowest BCUT2D eigenvalue weighted by Crippen LogP contribution is -2.14. The maximum atomic E-state index is 11.6. The molecule has 0 aliphatic carbocycles. The molecule has 0 aliphatic heterocycles. The fraction of sp³-hybridized carbons (Fsp3) is 0.0909. The number of halogens is 1. The van der Waals surface area contributed by atoms with Gasteiger partial charge in [0.1, 0.15) is 5.56 Å². The van der Waals surface area contributed by atoms with Gasteiger partial charge < -0.3 is 10.2 Å². The number of benzene rings is 1. The first-order valence-corrected chi connectivity index (χ1v) is 5.89. The Morgan fingerprint density at radius 2 is 2.24 bits per heavy atom. The van der Waals surface area contributed by atoms with E-state index >= 15 is 0 Å². The Balaban J connectivity index is 2.69. The van der Waals surface area contributed by atoms with Crippen molar-refractivity contribution < 1.29 is 9.53 Å². The highest BCUT2D eigenvalue weighted by atomic mass is 127. The molecule has 17 heavy (non-hydrogen) atoms. The van der Waals surface area contributed by atoms with Crippen LogP contribution in [-0.4, -0.2) is 18.1 Å². The molecule has 0 saturated heterocycles. The van der Waals surface area contributed by atoms with Crippen LogP contribution in [0.15, 0.2) is 24.3 Å². The van der Waals surface area contributed by atoms with Crippen molar-refractivity contribution in [3.05, 3.63) is 33.4 Å². The molecular weight excluding hydrogens is 333 g/mol. The molecule has 1 heterocycles. The van der Waals surface area contributed by atoms with Crippen LogP contribution in [-0.2, 0) is 4.74 Å². The maximum Gasteiger partial charge on any atom is 0.341 e. The van der Waals surface area contributed by atoms with E-state index in [4.69, 9.17) is 5.84 Å². The van der Waals surface area contributed by atoms with Gasteiger partial charge in [-0.2, -0.15) is 0 Å². The normalized spacial score (nSPS) is 10.3. The summed E-state index contributed by atoms with van der Waals surface area (Å²) in [4.78, 5) is 15.8. The molecule has 2 rings (SSSR count). The van der Waals surface area contributed by atoms with Gasteiger partial charge in [0.05, 0.1) is 12.6 Å². The summed E-state index contributed by atoms with van der Waals surface area (Å²) >= 11 is 2.20. The number of aromatic nitrogens is 1. The summed E-state index contributed by atoms with van der Waals surface area (Å²) in [6, 6.07) is 7.47. The standard InChI is InChI=1S/C11H10IN3O2/c1-17-11(16)8-5-6-4-7(12)2-3-9(6)14-10(8)15-13/h2-5H,13H2,1H3,(H,14,15). The number of hydrogen-bond acceptors (Lipinski definition) is 5. The third-order valence-electron chi connectivity index (χ3n) is 2.32. The average molecular weight is 343 g/mol. The van der Waals surface area contributed by atoms with E-state index in [1.54, 1.807) is 6.07 Å². The number of fused-ring (bicyclic) bond motifs is 1. The van der Waals surface area contributed by atoms with Gasteiger partial charge in [0.25, 0.3) is 0 Å². The van der Waals surface area contributed by atoms with Gasteiger partial charge in [0.15, 0.2) is 5.82 Å². The molecule has 2 aromatic rings. The highest BCUT2D eigenvalue weighted by Crippen LogP contribution is 2.22. The minimum atomic E-state index is -0.466. The molecule has 0 unspecified atom stereocenters. The number of nitrogens with zero attached hydrogens (tertiary/aromatic N) is 1. The predicted octanol–water partition coefficient (Wildman–Crippen LogP) is 1.91. The summed E-state index contributed by atoms with van der Waals surface area (Å²) in [6.45, 7) is 0. The van der Waals surface area contributed by atoms with Crippen LogP contribution in [0.4, 0.5) is 5.82 Å². The average Bonchev–Trinajstić information content (AvgIpc) is 2.36. The van der Waals surface area contributed by atoms with Crippen molar-refractivity contribution in [2.45, 2.75) is 0 Å². The molecule has 0 spiro atoms. The molecule has 3 N–H and O–H groups in total. The van der Waals surface area contributed by atoms with Crippen molar-refractivity contribution in [2.75, 3.05) is 12.5 Å². The van der Waals surface area contributed by atoms with E-state index in [1.165, 1.54) is 7.11 Å². The summed E-state index contributed by atoms with van der Waals surface area (Å²) in [5.74, 6) is 5.19. The Morgan fingerprint density at radius 3 is 2.88 bits per heavy atom. The van der Waals surface area contributed by atoms with E-state index in [9.17, 15) is 4.79 Å². The zero-order valence-electron chi connectivity index (χ0n) is 9.03. The zero-order valence-corrected chi connectivity index (χ0v) is 11.2. The number of rotatable bonds is 2. The molecule has 5 nitrogen and oxygen atoms in total. The lowest BCUT2D eigenvalue weighted by molar-refractivity contribution is 0.0601. The zero-order chi connectivity index (χ0) is 12.4. The Hall–Kier alpha value is -1.41. The Kier molecular flexibility index (Phi) is 3.43. The number of hydrazine groups is 1. The minimum absolute atomic E-state index is 0.311. The number of nitrogen functional groups attached to an aromatic ring is 1. The molecule has 0 saturated carbocycles. The van der Waals surface area contributed by atoms with Crippen LogP contribution in [0.25, 0.3) is 10.9 Å². The number of nitrogens with two attached hydrogens (primary N) is 1. The van der Waals surface area contributed by atoms with Crippen LogP contribution in [0.1, 0.15) is 10.4 Å². The molecule has 6 heteroatoms. The fourth-order valence-electron chi connectivity index (χ4n) is 1.52. The topological polar surface area (TPSA) is 77.2 Å². The van der Waals surface area contributed by atoms with E-state index < -0.39 is 5.97 Å². The van der Waals surface area contributed by atoms with E-state index in [0.29, 0.717) is 11.4 Å². The van der Waals surface area contributed by atoms with E-state index in [2.05, 4.69) is 37.7 Å². The fourth-order valence-corrected chi connectivity index (χ4v) is 2.04. The molecule has 0 atom stereocenters. The largest absolute Gasteiger partial charge is 0.465 e. The smallest absolute Gasteiger partial charge is 0.341 e. The van der Waals surface area contributed by atoms with Crippen LogP contribution in [0.5, 0.6) is 0 Å². The first kappa shape index (κ1) is 12.1. The van der Waals surface area contributed by atoms with Gasteiger partial charge in [-0.25, -0.2) is 15.6 Å². The number of anilines is 1. The Bertz CT molecular complexity index is 586. The number of ether oxygens (including phenoxy) is 1. The number of methoxy groups -OCH3 is 1. The molecule has 1 aromatic carbocycles. The van der Waals surface area contributed by atoms with Crippen LogP contribution in [0.3, 0.4) is 0 Å². The SMILES string of the molecule is COC(=O)c1cc2cc(I)ccc2nc1NN. The molecular formula is C11H10IN3O2. The first-order valence-electron chi connectivity index (χ1n) is 4.81. The highest BCUT2D eigenvalue weighted by molar-refractivity contribution is 14.1. The molecule has 1 aromatic heterocycles. The van der Waals surface area contributed by atoms with Crippen LogP contribution < -0.4 is 11.3 Å². The second-order valence-electron chi connectivity index (χ2n) is 3.36. The van der Waals surface area contributed by atoms with Gasteiger partial charge in [0, 0.05) is 8.96 Å². The van der Waals surface area contributed by atoms with Crippen molar-refractivity contribution in [1.29, 1.82) is 0 Å². The van der Waals surface area contributed by atoms with Crippen molar-refractivity contribution in [3.8, 4) is 0 Å². The second kappa shape index (κ2) is 4.84. The van der Waals surface area contributed by atoms with E-state index in [1.807, 2.05) is 18.2 Å². The highest BCUT2D eigenvalue weighted by Gasteiger charge is 2.14. The molecule has 0 bridgehead atoms. The van der Waals surface area contributed by atoms with Gasteiger partial charge >= 0.3 is 5.97 Å². The lowest BCUT2D eigenvalue weighted by atomic mass is 10.1. The maximum absolute atomic E-state index is 11.6. The van der Waals surface area contributed by atoms with Crippen molar-refractivity contribution in [1.82, 2.24) is 4.98 Å². The lowest BCUT2D eigenvalue weighted by Gasteiger charge is -2.08. The van der Waals surface area contributed by atoms with Gasteiger partial charge in [-0.3, -0.25) is 0 Å². The number of hydrogen-bond donors (Lipinski definition) is 2. The summed E-state index contributed by atoms with van der Waals surface area (Å²) in [6.07, 6.45) is 0. The first-order chi connectivity index (χ1) is 8.15. The summed E-state index contributed by atoms with van der Waals surface area (Å²) in [5.41, 5.74) is 3.50. The Morgan fingerprint density at radius 1 is 1.47 bits per heavy atom. The third kappa shape index (κ3) is 2.32. The predicted molar refractivity (Wildman–Crippen MR) is 73.6 cm³/mol. The van der Waals surface area contributed by atoms with Crippen LogP contribution in [0.2, 0.25) is 0 Å². The quantitative estimate of drug-likeness (QED) is 0.377. The summed E-state index contributed by atoms with van der Waals surface area (Å²) in [7, 11) is 1.32. The number of pyridine rings is 1. The van der Waals surface area contributed by atoms with E-state index in [-0.39, 0.29) is 0 Å². The number of carbonyl (C=O) groups excluding carboxylic acids is 1. The van der Waals surface area contributed by atoms with Crippen LogP contribution >= 0.6 is 22.6 Å². The van der Waals surface area contributed by atoms with Gasteiger partial charge in [0.2, 0.25) is 0 Å². The van der Waals surface area contributed by atoms with Crippen molar-refractivity contribution >= 4 is 45.3 Å². The third-order valence-corrected chi connectivity index (χ3v) is 2.99. The molecule has 0 aliphatic rings. The minimum Gasteiger partial charge on any atom is -0.465 e. The number of esters is 1. The molecule has 0 fully saturated rings. The number of nitrogens with one attached hydrogen (secondary N) is 1. The second-order valence-corrected chi connectivity index (χ2v) is 4.60. The van der Waals surface area contributed by atoms with Gasteiger partial charge in [-0.15, -0.1) is 0 Å². The Labute approximate surface area is 111 Å². The summed E-state index contributed by atoms with van der Waals surface area (Å²) < 4.78 is 5.75. The van der Waals surface area contributed by atoms with E-state index in [0.717, 1.165) is 14.5 Å².